The number of carbonyl (C=O) groups is 1. The summed E-state index contributed by atoms with van der Waals surface area (Å²) in [6.07, 6.45) is 1.55. The molecule has 1 aliphatic heterocycles. The highest BCUT2D eigenvalue weighted by Crippen LogP contribution is 2.24. The number of guanidine groups is 1. The van der Waals surface area contributed by atoms with Gasteiger partial charge in [0, 0.05) is 32.2 Å². The Morgan fingerprint density at radius 2 is 1.92 bits per heavy atom. The molecule has 0 radical (unpaired) electrons. The van der Waals surface area contributed by atoms with Crippen LogP contribution in [0.4, 0.5) is 0 Å². The number of nitrogens with one attached hydrogen (secondary N) is 1. The molecular formula is C18H28IN3O4. The molecule has 146 valence electrons. The average molecular weight is 477 g/mol. The van der Waals surface area contributed by atoms with Crippen LogP contribution >= 0.6 is 24.0 Å². The van der Waals surface area contributed by atoms with Gasteiger partial charge in [-0.3, -0.25) is 9.79 Å². The van der Waals surface area contributed by atoms with Crippen LogP contribution in [-0.4, -0.2) is 58.3 Å². The van der Waals surface area contributed by atoms with Crippen LogP contribution in [-0.2, 0) is 16.1 Å². The quantitative estimate of drug-likeness (QED) is 0.304. The second-order valence-electron chi connectivity index (χ2n) is 5.86. The van der Waals surface area contributed by atoms with Gasteiger partial charge in [0.1, 0.15) is 11.5 Å². The zero-order valence-electron chi connectivity index (χ0n) is 15.8. The van der Waals surface area contributed by atoms with Crippen LogP contribution in [0.2, 0.25) is 0 Å². The number of halogens is 1. The van der Waals surface area contributed by atoms with Gasteiger partial charge in [-0.15, -0.1) is 24.0 Å². The lowest BCUT2D eigenvalue weighted by molar-refractivity contribution is -0.146. The molecule has 1 aromatic carbocycles. The number of aliphatic imine (C=N–C) groups is 1. The molecule has 0 aromatic heterocycles. The van der Waals surface area contributed by atoms with Crippen molar-refractivity contribution in [3.05, 3.63) is 23.8 Å². The lowest BCUT2D eigenvalue weighted by Crippen LogP contribution is -2.46. The maximum absolute atomic E-state index is 11.6. The largest absolute Gasteiger partial charge is 0.497 e. The number of likely N-dealkylation sites (tertiary alicyclic amines) is 1. The van der Waals surface area contributed by atoms with Crippen LogP contribution in [0.25, 0.3) is 0 Å². The van der Waals surface area contributed by atoms with E-state index in [1.54, 1.807) is 21.3 Å². The molecule has 2 rings (SSSR count). The molecule has 0 aliphatic carbocycles. The number of hydrogen-bond donors (Lipinski definition) is 1. The van der Waals surface area contributed by atoms with Crippen molar-refractivity contribution in [3.63, 3.8) is 0 Å². The lowest BCUT2D eigenvalue weighted by atomic mass is 9.97. The molecule has 1 fully saturated rings. The van der Waals surface area contributed by atoms with E-state index in [9.17, 15) is 4.79 Å². The SMILES string of the molecule is CN=C(NCc1cc(OC)ccc1OC)N1CCC(C(=O)OC)CC1.I. The van der Waals surface area contributed by atoms with Gasteiger partial charge in [0.05, 0.1) is 27.2 Å². The Morgan fingerprint density at radius 3 is 2.46 bits per heavy atom. The summed E-state index contributed by atoms with van der Waals surface area (Å²) in [5.41, 5.74) is 0.993. The second-order valence-corrected chi connectivity index (χ2v) is 5.86. The molecule has 1 aromatic rings. The van der Waals surface area contributed by atoms with Crippen LogP contribution in [0.1, 0.15) is 18.4 Å². The van der Waals surface area contributed by atoms with E-state index in [0.717, 1.165) is 49.0 Å². The smallest absolute Gasteiger partial charge is 0.308 e. The fourth-order valence-corrected chi connectivity index (χ4v) is 3.02. The minimum atomic E-state index is -0.122. The van der Waals surface area contributed by atoms with Crippen molar-refractivity contribution in [1.29, 1.82) is 0 Å². The molecule has 26 heavy (non-hydrogen) atoms. The molecule has 0 amide bonds. The molecule has 1 heterocycles. The minimum absolute atomic E-state index is 0. The van der Waals surface area contributed by atoms with Gasteiger partial charge < -0.3 is 24.4 Å². The number of rotatable bonds is 5. The molecule has 1 N–H and O–H groups in total. The van der Waals surface area contributed by atoms with Gasteiger partial charge in [0.15, 0.2) is 5.96 Å². The Morgan fingerprint density at radius 1 is 1.23 bits per heavy atom. The number of benzene rings is 1. The topological polar surface area (TPSA) is 72.4 Å². The lowest BCUT2D eigenvalue weighted by Gasteiger charge is -2.33. The molecule has 0 saturated carbocycles. The second kappa shape index (κ2) is 11.1. The van der Waals surface area contributed by atoms with Gasteiger partial charge in [0.2, 0.25) is 0 Å². The maximum Gasteiger partial charge on any atom is 0.308 e. The molecule has 1 aliphatic rings. The third-order valence-corrected chi connectivity index (χ3v) is 4.47. The van der Waals surface area contributed by atoms with E-state index < -0.39 is 0 Å². The van der Waals surface area contributed by atoms with E-state index in [-0.39, 0.29) is 35.9 Å². The van der Waals surface area contributed by atoms with Gasteiger partial charge in [0.25, 0.3) is 0 Å². The highest BCUT2D eigenvalue weighted by atomic mass is 127. The van der Waals surface area contributed by atoms with E-state index >= 15 is 0 Å². The van der Waals surface area contributed by atoms with Crippen LogP contribution < -0.4 is 14.8 Å². The first kappa shape index (κ1) is 22.3. The Bertz CT molecular complexity index is 616. The monoisotopic (exact) mass is 477 g/mol. The molecule has 7 nitrogen and oxygen atoms in total. The van der Waals surface area contributed by atoms with Crippen LogP contribution in [0.3, 0.4) is 0 Å². The Balaban J connectivity index is 0.00000338. The highest BCUT2D eigenvalue weighted by Gasteiger charge is 2.27. The first-order valence-corrected chi connectivity index (χ1v) is 8.37. The summed E-state index contributed by atoms with van der Waals surface area (Å²) >= 11 is 0. The third kappa shape index (κ3) is 5.65. The molecule has 0 unspecified atom stereocenters. The predicted molar refractivity (Wildman–Crippen MR) is 111 cm³/mol. The van der Waals surface area contributed by atoms with E-state index in [0.29, 0.717) is 6.54 Å². The summed E-state index contributed by atoms with van der Waals surface area (Å²) in [7, 11) is 6.50. The first-order valence-electron chi connectivity index (χ1n) is 8.37. The summed E-state index contributed by atoms with van der Waals surface area (Å²) in [5, 5.41) is 3.36. The normalized spacial score (nSPS) is 15.1. The Hall–Kier alpha value is -1.71. The van der Waals surface area contributed by atoms with Gasteiger partial charge >= 0.3 is 5.97 Å². The van der Waals surface area contributed by atoms with E-state index in [1.807, 2.05) is 18.2 Å². The van der Waals surface area contributed by atoms with Crippen molar-refractivity contribution in [1.82, 2.24) is 10.2 Å². The third-order valence-electron chi connectivity index (χ3n) is 4.47. The molecule has 0 spiro atoms. The Labute approximate surface area is 172 Å². The van der Waals surface area contributed by atoms with Crippen LogP contribution in [0.15, 0.2) is 23.2 Å². The van der Waals surface area contributed by atoms with Gasteiger partial charge in [-0.2, -0.15) is 0 Å². The highest BCUT2D eigenvalue weighted by molar-refractivity contribution is 14.0. The van der Waals surface area contributed by atoms with Crippen LogP contribution in [0.5, 0.6) is 11.5 Å². The molecule has 0 atom stereocenters. The number of hydrogen-bond acceptors (Lipinski definition) is 5. The number of carbonyl (C=O) groups excluding carboxylic acids is 1. The maximum atomic E-state index is 11.6. The van der Waals surface area contributed by atoms with Gasteiger partial charge in [-0.1, -0.05) is 0 Å². The van der Waals surface area contributed by atoms with Crippen molar-refractivity contribution in [3.8, 4) is 11.5 Å². The van der Waals surface area contributed by atoms with Crippen LogP contribution in [0, 0.1) is 5.92 Å². The van der Waals surface area contributed by atoms with E-state index in [2.05, 4.69) is 15.2 Å². The van der Waals surface area contributed by atoms with Crippen molar-refractivity contribution in [2.45, 2.75) is 19.4 Å². The zero-order valence-corrected chi connectivity index (χ0v) is 18.1. The average Bonchev–Trinajstić information content (AvgIpc) is 2.68. The molecule has 8 heteroatoms. The van der Waals surface area contributed by atoms with Crippen molar-refractivity contribution < 1.29 is 19.0 Å². The summed E-state index contributed by atoms with van der Waals surface area (Å²) < 4.78 is 15.5. The summed E-state index contributed by atoms with van der Waals surface area (Å²) in [6, 6.07) is 5.71. The summed E-state index contributed by atoms with van der Waals surface area (Å²) in [4.78, 5) is 18.2. The number of ether oxygens (including phenoxy) is 3. The fraction of sp³-hybridized carbons (Fsp3) is 0.556. The van der Waals surface area contributed by atoms with Gasteiger partial charge in [-0.25, -0.2) is 0 Å². The number of piperidine rings is 1. The fourth-order valence-electron chi connectivity index (χ4n) is 3.02. The van der Waals surface area contributed by atoms with Crippen molar-refractivity contribution >= 4 is 35.9 Å². The molecule has 1 saturated heterocycles. The standard InChI is InChI=1S/C18H27N3O4.HI/c1-19-18(21-9-7-13(8-10-21)17(22)25-4)20-12-14-11-15(23-2)5-6-16(14)24-3;/h5-6,11,13H,7-10,12H2,1-4H3,(H,19,20);1H. The number of nitrogens with zero attached hydrogens (tertiary/aromatic N) is 2. The van der Waals surface area contributed by atoms with Crippen molar-refractivity contribution in [2.24, 2.45) is 10.9 Å². The molecular weight excluding hydrogens is 449 g/mol. The summed E-state index contributed by atoms with van der Waals surface area (Å²) in [5.74, 6) is 2.26. The number of esters is 1. The van der Waals surface area contributed by atoms with Gasteiger partial charge in [-0.05, 0) is 31.0 Å². The Kier molecular flexibility index (Phi) is 9.53. The number of methoxy groups -OCH3 is 3. The van der Waals surface area contributed by atoms with E-state index in [1.165, 1.54) is 7.11 Å². The first-order chi connectivity index (χ1) is 12.1. The predicted octanol–water partition coefficient (Wildman–Crippen LogP) is 2.28. The minimum Gasteiger partial charge on any atom is -0.497 e. The zero-order chi connectivity index (χ0) is 18.2. The van der Waals surface area contributed by atoms with E-state index in [4.69, 9.17) is 14.2 Å². The van der Waals surface area contributed by atoms with Crippen molar-refractivity contribution in [2.75, 3.05) is 41.5 Å². The molecule has 0 bridgehead atoms. The summed E-state index contributed by atoms with van der Waals surface area (Å²) in [6.45, 7) is 2.12.